The number of aryl methyl sites for hydroxylation is 1. The molecule has 0 aliphatic heterocycles. The Hall–Kier alpha value is -4.02. The highest BCUT2D eigenvalue weighted by atomic mass is 16.6. The van der Waals surface area contributed by atoms with Crippen molar-refractivity contribution in [3.05, 3.63) is 52.3 Å². The molecule has 0 atom stereocenters. The molecule has 0 fully saturated rings. The molecule has 1 amide bonds. The van der Waals surface area contributed by atoms with Crippen molar-refractivity contribution >= 4 is 23.5 Å². The molecule has 3 N–H and O–H groups in total. The number of nitrogens with one attached hydrogen (secondary N) is 1. The second-order valence-electron chi connectivity index (χ2n) is 7.81. The van der Waals surface area contributed by atoms with Gasteiger partial charge in [-0.05, 0) is 44.9 Å². The Morgan fingerprint density at radius 3 is 2.52 bits per heavy atom. The summed E-state index contributed by atoms with van der Waals surface area (Å²) in [6, 6.07) is 6.08. The van der Waals surface area contributed by atoms with E-state index in [0.29, 0.717) is 16.7 Å². The molecule has 0 saturated carbocycles. The summed E-state index contributed by atoms with van der Waals surface area (Å²) in [5.41, 5.74) is 0.369. The Morgan fingerprint density at radius 1 is 1.19 bits per heavy atom. The SMILES string of the molecule is Cc1cc(CNC(=O)c2cc(C(=O)O)n3nnc(O)c3n2)ccc1C(=O)OC(C)(C)C. The van der Waals surface area contributed by atoms with Crippen LogP contribution in [0.4, 0.5) is 0 Å². The number of hydrogen-bond donors (Lipinski definition) is 3. The first-order chi connectivity index (χ1) is 14.5. The molecule has 0 spiro atoms. The van der Waals surface area contributed by atoms with Crippen LogP contribution >= 0.6 is 0 Å². The highest BCUT2D eigenvalue weighted by Gasteiger charge is 2.21. The van der Waals surface area contributed by atoms with E-state index in [0.717, 1.165) is 10.6 Å². The number of amides is 1. The number of benzene rings is 1. The molecule has 0 aliphatic rings. The number of nitrogens with zero attached hydrogens (tertiary/aromatic N) is 4. The zero-order chi connectivity index (χ0) is 22.9. The van der Waals surface area contributed by atoms with Crippen molar-refractivity contribution in [3.63, 3.8) is 0 Å². The second-order valence-corrected chi connectivity index (χ2v) is 7.81. The van der Waals surface area contributed by atoms with Gasteiger partial charge in [0.05, 0.1) is 5.56 Å². The van der Waals surface area contributed by atoms with Crippen LogP contribution in [0.25, 0.3) is 5.65 Å². The molecule has 3 rings (SSSR count). The molecule has 1 aromatic carbocycles. The molecule has 3 aromatic rings. The number of carboxylic acid groups (broad SMARTS) is 1. The molecule has 0 saturated heterocycles. The third kappa shape index (κ3) is 4.77. The molecule has 11 heteroatoms. The minimum atomic E-state index is -1.36. The summed E-state index contributed by atoms with van der Waals surface area (Å²) in [6.07, 6.45) is 0. The van der Waals surface area contributed by atoms with E-state index < -0.39 is 29.3 Å². The predicted octanol–water partition coefficient (Wildman–Crippen LogP) is 1.72. The first-order valence-corrected chi connectivity index (χ1v) is 9.26. The molecular formula is C20H21N5O6. The van der Waals surface area contributed by atoms with E-state index in [1.165, 1.54) is 0 Å². The number of rotatable bonds is 5. The maximum absolute atomic E-state index is 12.5. The Kier molecular flexibility index (Phi) is 5.60. The number of carbonyl (C=O) groups excluding carboxylic acids is 2. The van der Waals surface area contributed by atoms with E-state index in [1.807, 2.05) is 0 Å². The minimum absolute atomic E-state index is 0.104. The summed E-state index contributed by atoms with van der Waals surface area (Å²) >= 11 is 0. The van der Waals surface area contributed by atoms with Crippen molar-refractivity contribution in [2.24, 2.45) is 0 Å². The van der Waals surface area contributed by atoms with Gasteiger partial charge >= 0.3 is 11.9 Å². The van der Waals surface area contributed by atoms with Crippen LogP contribution in [0.3, 0.4) is 0 Å². The number of aromatic nitrogens is 4. The summed E-state index contributed by atoms with van der Waals surface area (Å²) in [5.74, 6) is -3.04. The third-order valence-corrected chi connectivity index (χ3v) is 4.17. The van der Waals surface area contributed by atoms with Crippen LogP contribution in [0.15, 0.2) is 24.3 Å². The number of fused-ring (bicyclic) bond motifs is 1. The molecule has 11 nitrogen and oxygen atoms in total. The zero-order valence-electron chi connectivity index (χ0n) is 17.3. The molecule has 0 unspecified atom stereocenters. The molecule has 2 heterocycles. The van der Waals surface area contributed by atoms with Crippen molar-refractivity contribution in [3.8, 4) is 5.88 Å². The van der Waals surface area contributed by atoms with Crippen LogP contribution < -0.4 is 5.32 Å². The number of ether oxygens (including phenoxy) is 1. The van der Waals surface area contributed by atoms with Gasteiger partial charge in [-0.1, -0.05) is 22.4 Å². The average Bonchev–Trinajstić information content (AvgIpc) is 3.04. The molecule has 2 aromatic heterocycles. The lowest BCUT2D eigenvalue weighted by atomic mass is 10.0. The van der Waals surface area contributed by atoms with Gasteiger partial charge in [0.1, 0.15) is 11.3 Å². The van der Waals surface area contributed by atoms with Crippen LogP contribution in [0.2, 0.25) is 0 Å². The fourth-order valence-electron chi connectivity index (χ4n) is 2.80. The largest absolute Gasteiger partial charge is 0.489 e. The van der Waals surface area contributed by atoms with Crippen molar-refractivity contribution in [2.45, 2.75) is 39.8 Å². The molecule has 0 bridgehead atoms. The van der Waals surface area contributed by atoms with Crippen molar-refractivity contribution < 1.29 is 29.3 Å². The molecule has 31 heavy (non-hydrogen) atoms. The van der Waals surface area contributed by atoms with Crippen LogP contribution in [-0.2, 0) is 11.3 Å². The summed E-state index contributed by atoms with van der Waals surface area (Å²) in [6.45, 7) is 7.21. The molecule has 0 radical (unpaired) electrons. The van der Waals surface area contributed by atoms with Gasteiger partial charge in [0, 0.05) is 12.6 Å². The second kappa shape index (κ2) is 8.01. The van der Waals surface area contributed by atoms with Gasteiger partial charge in [-0.2, -0.15) is 4.52 Å². The van der Waals surface area contributed by atoms with Gasteiger partial charge < -0.3 is 20.3 Å². The van der Waals surface area contributed by atoms with E-state index in [1.54, 1.807) is 45.9 Å². The summed E-state index contributed by atoms with van der Waals surface area (Å²) in [4.78, 5) is 40.1. The lowest BCUT2D eigenvalue weighted by molar-refractivity contribution is 0.00684. The number of aromatic carboxylic acids is 1. The van der Waals surface area contributed by atoms with Gasteiger partial charge in [0.15, 0.2) is 5.69 Å². The summed E-state index contributed by atoms with van der Waals surface area (Å²) in [7, 11) is 0. The quantitative estimate of drug-likeness (QED) is 0.516. The average molecular weight is 427 g/mol. The lowest BCUT2D eigenvalue weighted by Gasteiger charge is -2.20. The molecule has 162 valence electrons. The molecule has 0 aliphatic carbocycles. The zero-order valence-corrected chi connectivity index (χ0v) is 17.3. The minimum Gasteiger partial charge on any atom is -0.489 e. The topological polar surface area (TPSA) is 156 Å². The summed E-state index contributed by atoms with van der Waals surface area (Å²) < 4.78 is 6.20. The number of esters is 1. The van der Waals surface area contributed by atoms with Crippen molar-refractivity contribution in [1.82, 2.24) is 25.1 Å². The first-order valence-electron chi connectivity index (χ1n) is 9.26. The Labute approximate surface area is 176 Å². The monoisotopic (exact) mass is 427 g/mol. The van der Waals surface area contributed by atoms with E-state index in [4.69, 9.17) is 4.74 Å². The van der Waals surface area contributed by atoms with Crippen LogP contribution in [0.5, 0.6) is 5.88 Å². The Balaban J connectivity index is 1.77. The highest BCUT2D eigenvalue weighted by Crippen LogP contribution is 2.18. The number of hydrogen-bond acceptors (Lipinski definition) is 8. The van der Waals surface area contributed by atoms with Gasteiger partial charge in [0.25, 0.3) is 11.8 Å². The lowest BCUT2D eigenvalue weighted by Crippen LogP contribution is -2.26. The number of aromatic hydroxyl groups is 1. The standard InChI is InChI=1S/C20H21N5O6/c1-10-7-11(5-6-12(10)19(30)31-20(2,3)4)9-21-16(26)13-8-14(18(28)29)25-15(22-13)17(27)23-24-25/h5-8,27H,9H2,1-4H3,(H,21,26)(H,28,29). The van der Waals surface area contributed by atoms with Crippen LogP contribution in [-0.4, -0.2) is 53.5 Å². The fraction of sp³-hybridized carbons (Fsp3) is 0.300. The number of carbonyl (C=O) groups is 3. The van der Waals surface area contributed by atoms with Gasteiger partial charge in [0.2, 0.25) is 5.65 Å². The fourth-order valence-corrected chi connectivity index (χ4v) is 2.80. The van der Waals surface area contributed by atoms with E-state index in [-0.39, 0.29) is 23.6 Å². The first kappa shape index (κ1) is 21.7. The normalized spacial score (nSPS) is 11.4. The highest BCUT2D eigenvalue weighted by molar-refractivity contribution is 5.96. The van der Waals surface area contributed by atoms with Crippen molar-refractivity contribution in [1.29, 1.82) is 0 Å². The van der Waals surface area contributed by atoms with Gasteiger partial charge in [-0.15, -0.1) is 0 Å². The van der Waals surface area contributed by atoms with E-state index in [2.05, 4.69) is 20.6 Å². The van der Waals surface area contributed by atoms with E-state index >= 15 is 0 Å². The van der Waals surface area contributed by atoms with Gasteiger partial charge in [-0.3, -0.25) is 4.79 Å². The summed E-state index contributed by atoms with van der Waals surface area (Å²) in [5, 5.41) is 28.5. The molecular weight excluding hydrogens is 406 g/mol. The maximum atomic E-state index is 12.5. The number of carboxylic acids is 1. The van der Waals surface area contributed by atoms with Crippen LogP contribution in [0.1, 0.15) is 63.2 Å². The van der Waals surface area contributed by atoms with Crippen LogP contribution in [0, 0.1) is 6.92 Å². The Morgan fingerprint density at radius 2 is 1.90 bits per heavy atom. The smallest absolute Gasteiger partial charge is 0.354 e. The van der Waals surface area contributed by atoms with Crippen molar-refractivity contribution in [2.75, 3.05) is 0 Å². The maximum Gasteiger partial charge on any atom is 0.354 e. The van der Waals surface area contributed by atoms with Gasteiger partial charge in [-0.25, -0.2) is 14.6 Å². The predicted molar refractivity (Wildman–Crippen MR) is 107 cm³/mol. The van der Waals surface area contributed by atoms with E-state index in [9.17, 15) is 24.6 Å². The Bertz CT molecular complexity index is 1190. The third-order valence-electron chi connectivity index (χ3n) is 4.17.